The van der Waals surface area contributed by atoms with E-state index in [0.717, 1.165) is 5.56 Å². The second kappa shape index (κ2) is 6.56. The van der Waals surface area contributed by atoms with Crippen LogP contribution in [0.4, 0.5) is 0 Å². The summed E-state index contributed by atoms with van der Waals surface area (Å²) in [5.74, 6) is 0.534. The average Bonchev–Trinajstić information content (AvgIpc) is 3.08. The molecular formula is C20H13Cl2N3O. The molecule has 0 atom stereocenters. The fourth-order valence-electron chi connectivity index (χ4n) is 2.88. The van der Waals surface area contributed by atoms with Crippen molar-refractivity contribution in [2.45, 2.75) is 6.92 Å². The molecule has 0 fully saturated rings. The minimum atomic E-state index is -0.153. The highest BCUT2D eigenvalue weighted by molar-refractivity contribution is 6.42. The summed E-state index contributed by atoms with van der Waals surface area (Å²) >= 11 is 13.0. The molecule has 0 amide bonds. The zero-order chi connectivity index (χ0) is 18.3. The summed E-state index contributed by atoms with van der Waals surface area (Å²) in [7, 11) is 0. The molecule has 128 valence electrons. The monoisotopic (exact) mass is 381 g/mol. The number of aryl methyl sites for hydroxylation is 1. The predicted octanol–water partition coefficient (Wildman–Crippen LogP) is 5.47. The van der Waals surface area contributed by atoms with Crippen LogP contribution in [0.1, 0.15) is 21.9 Å². The number of fused-ring (bicyclic) bond motifs is 1. The summed E-state index contributed by atoms with van der Waals surface area (Å²) in [6, 6.07) is 14.8. The number of nitrogens with one attached hydrogen (secondary N) is 1. The Kier molecular flexibility index (Phi) is 4.23. The van der Waals surface area contributed by atoms with Gasteiger partial charge in [-0.05, 0) is 30.7 Å². The number of carbonyl (C=O) groups excluding carboxylic acids is 1. The topological polar surface area (TPSA) is 58.6 Å². The molecule has 0 saturated carbocycles. The maximum absolute atomic E-state index is 12.7. The number of H-pyrrole nitrogens is 1. The Morgan fingerprint density at radius 1 is 1.08 bits per heavy atom. The van der Waals surface area contributed by atoms with E-state index in [0.29, 0.717) is 43.7 Å². The number of hydrogen-bond donors (Lipinski definition) is 1. The molecule has 26 heavy (non-hydrogen) atoms. The molecule has 4 rings (SSSR count). The van der Waals surface area contributed by atoms with E-state index in [2.05, 4.69) is 15.0 Å². The minimum absolute atomic E-state index is 0.153. The first kappa shape index (κ1) is 16.8. The SMILES string of the molecule is Cc1ncc(C(=O)c2ccc3nc(Cl)c(-c4ccccc4)c(Cl)c3c2)[nH]1. The lowest BCUT2D eigenvalue weighted by Gasteiger charge is -2.11. The maximum atomic E-state index is 12.7. The summed E-state index contributed by atoms with van der Waals surface area (Å²) in [5.41, 5.74) is 3.10. The van der Waals surface area contributed by atoms with Gasteiger partial charge in [-0.3, -0.25) is 4.79 Å². The highest BCUT2D eigenvalue weighted by Gasteiger charge is 2.17. The Labute approximate surface area is 159 Å². The number of aromatic nitrogens is 3. The molecule has 2 aromatic carbocycles. The lowest BCUT2D eigenvalue weighted by atomic mass is 10.0. The highest BCUT2D eigenvalue weighted by Crippen LogP contribution is 2.38. The van der Waals surface area contributed by atoms with Crippen LogP contribution in [0.5, 0.6) is 0 Å². The first-order valence-corrected chi connectivity index (χ1v) is 8.70. The molecule has 0 bridgehead atoms. The van der Waals surface area contributed by atoms with E-state index in [1.165, 1.54) is 6.20 Å². The molecule has 0 unspecified atom stereocenters. The van der Waals surface area contributed by atoms with Gasteiger partial charge in [0.25, 0.3) is 0 Å². The van der Waals surface area contributed by atoms with Crippen molar-refractivity contribution in [3.8, 4) is 11.1 Å². The number of carbonyl (C=O) groups is 1. The molecule has 0 radical (unpaired) electrons. The van der Waals surface area contributed by atoms with Crippen molar-refractivity contribution in [3.63, 3.8) is 0 Å². The first-order chi connectivity index (χ1) is 12.5. The zero-order valence-electron chi connectivity index (χ0n) is 13.8. The van der Waals surface area contributed by atoms with Crippen LogP contribution in [0.25, 0.3) is 22.0 Å². The maximum Gasteiger partial charge on any atom is 0.210 e. The van der Waals surface area contributed by atoms with Crippen LogP contribution in [-0.2, 0) is 0 Å². The summed E-state index contributed by atoms with van der Waals surface area (Å²) in [4.78, 5) is 24.1. The van der Waals surface area contributed by atoms with Crippen molar-refractivity contribution in [1.82, 2.24) is 15.0 Å². The van der Waals surface area contributed by atoms with Crippen LogP contribution in [0.2, 0.25) is 10.2 Å². The second-order valence-electron chi connectivity index (χ2n) is 5.90. The van der Waals surface area contributed by atoms with Crippen LogP contribution in [0.15, 0.2) is 54.7 Å². The number of rotatable bonds is 3. The van der Waals surface area contributed by atoms with Gasteiger partial charge in [0.2, 0.25) is 5.78 Å². The number of aromatic amines is 1. The third-order valence-corrected chi connectivity index (χ3v) is 4.82. The van der Waals surface area contributed by atoms with Gasteiger partial charge in [-0.1, -0.05) is 53.5 Å². The largest absolute Gasteiger partial charge is 0.340 e. The Balaban J connectivity index is 1.89. The van der Waals surface area contributed by atoms with Crippen molar-refractivity contribution >= 4 is 39.9 Å². The van der Waals surface area contributed by atoms with Gasteiger partial charge < -0.3 is 4.98 Å². The van der Waals surface area contributed by atoms with Crippen LogP contribution in [-0.4, -0.2) is 20.7 Å². The Bertz CT molecular complexity index is 1140. The lowest BCUT2D eigenvalue weighted by Crippen LogP contribution is -2.02. The summed E-state index contributed by atoms with van der Waals surface area (Å²) in [6.45, 7) is 1.80. The molecule has 0 aliphatic carbocycles. The summed E-state index contributed by atoms with van der Waals surface area (Å²) in [6.07, 6.45) is 1.53. The lowest BCUT2D eigenvalue weighted by molar-refractivity contribution is 0.103. The number of benzene rings is 2. The van der Waals surface area contributed by atoms with E-state index in [9.17, 15) is 4.79 Å². The Morgan fingerprint density at radius 3 is 2.54 bits per heavy atom. The third kappa shape index (κ3) is 2.87. The molecule has 6 heteroatoms. The Hall–Kier alpha value is -2.69. The quantitative estimate of drug-likeness (QED) is 0.378. The smallest absolute Gasteiger partial charge is 0.210 e. The number of halogens is 2. The van der Waals surface area contributed by atoms with Crippen LogP contribution in [0, 0.1) is 6.92 Å². The highest BCUT2D eigenvalue weighted by atomic mass is 35.5. The van der Waals surface area contributed by atoms with Gasteiger partial charge in [0.05, 0.1) is 16.7 Å². The van der Waals surface area contributed by atoms with Gasteiger partial charge in [0.1, 0.15) is 16.7 Å². The molecule has 0 spiro atoms. The van der Waals surface area contributed by atoms with E-state index < -0.39 is 0 Å². The van der Waals surface area contributed by atoms with Gasteiger partial charge in [-0.25, -0.2) is 9.97 Å². The zero-order valence-corrected chi connectivity index (χ0v) is 15.3. The third-order valence-electron chi connectivity index (χ3n) is 4.15. The predicted molar refractivity (Wildman–Crippen MR) is 104 cm³/mol. The van der Waals surface area contributed by atoms with E-state index in [4.69, 9.17) is 23.2 Å². The Morgan fingerprint density at radius 2 is 1.85 bits per heavy atom. The van der Waals surface area contributed by atoms with Gasteiger partial charge in [-0.2, -0.15) is 0 Å². The molecule has 4 aromatic rings. The van der Waals surface area contributed by atoms with Crippen LogP contribution >= 0.6 is 23.2 Å². The average molecular weight is 382 g/mol. The summed E-state index contributed by atoms with van der Waals surface area (Å²) in [5, 5.41) is 1.48. The molecule has 1 N–H and O–H groups in total. The fourth-order valence-corrected chi connectivity index (χ4v) is 3.57. The van der Waals surface area contributed by atoms with E-state index in [-0.39, 0.29) is 5.78 Å². The van der Waals surface area contributed by atoms with E-state index in [1.54, 1.807) is 25.1 Å². The molecule has 0 aliphatic heterocycles. The van der Waals surface area contributed by atoms with Crippen molar-refractivity contribution in [1.29, 1.82) is 0 Å². The van der Waals surface area contributed by atoms with Crippen molar-refractivity contribution in [2.24, 2.45) is 0 Å². The van der Waals surface area contributed by atoms with Crippen LogP contribution in [0.3, 0.4) is 0 Å². The van der Waals surface area contributed by atoms with E-state index >= 15 is 0 Å². The van der Waals surface area contributed by atoms with Gasteiger partial charge >= 0.3 is 0 Å². The second-order valence-corrected chi connectivity index (χ2v) is 6.64. The molecule has 4 nitrogen and oxygen atoms in total. The molecule has 2 aromatic heterocycles. The van der Waals surface area contributed by atoms with Crippen LogP contribution < -0.4 is 0 Å². The van der Waals surface area contributed by atoms with Gasteiger partial charge in [0.15, 0.2) is 0 Å². The van der Waals surface area contributed by atoms with E-state index in [1.807, 2.05) is 30.3 Å². The van der Waals surface area contributed by atoms with Crippen molar-refractivity contribution in [2.75, 3.05) is 0 Å². The number of hydrogen-bond acceptors (Lipinski definition) is 3. The number of imidazole rings is 1. The fraction of sp³-hybridized carbons (Fsp3) is 0.0500. The van der Waals surface area contributed by atoms with Gasteiger partial charge in [0, 0.05) is 16.5 Å². The minimum Gasteiger partial charge on any atom is -0.340 e. The normalized spacial score (nSPS) is 11.0. The molecule has 0 aliphatic rings. The summed E-state index contributed by atoms with van der Waals surface area (Å²) < 4.78 is 0. The van der Waals surface area contributed by atoms with Crippen molar-refractivity contribution < 1.29 is 4.79 Å². The number of nitrogens with zero attached hydrogens (tertiary/aromatic N) is 2. The molecule has 0 saturated heterocycles. The van der Waals surface area contributed by atoms with Gasteiger partial charge in [-0.15, -0.1) is 0 Å². The van der Waals surface area contributed by atoms with Crippen molar-refractivity contribution in [3.05, 3.63) is 82.0 Å². The molecule has 2 heterocycles. The first-order valence-electron chi connectivity index (χ1n) is 7.95. The number of pyridine rings is 1. The number of ketones is 1. The standard InChI is InChI=1S/C20H13Cl2N3O/c1-11-23-10-16(24-11)19(26)13-7-8-15-14(9-13)18(21)17(20(22)25-15)12-5-3-2-4-6-12/h2-10H,1H3,(H,23,24). The molecular weight excluding hydrogens is 369 g/mol.